The Balaban J connectivity index is 1.25. The van der Waals surface area contributed by atoms with E-state index < -0.39 is 0 Å². The average Bonchev–Trinajstić information content (AvgIpc) is 3.37. The molecule has 0 spiro atoms. The number of aromatic amines is 1. The van der Waals surface area contributed by atoms with E-state index in [1.54, 1.807) is 0 Å². The van der Waals surface area contributed by atoms with Crippen molar-refractivity contribution in [3.8, 4) is 11.6 Å². The molecule has 166 valence electrons. The largest absolute Gasteiger partial charge is 0.438 e. The highest BCUT2D eigenvalue weighted by molar-refractivity contribution is 6.29. The number of halogens is 1. The lowest BCUT2D eigenvalue weighted by atomic mass is 10.2. The zero-order valence-corrected chi connectivity index (χ0v) is 18.8. The van der Waals surface area contributed by atoms with E-state index in [2.05, 4.69) is 36.9 Å². The molecule has 3 N–H and O–H groups in total. The normalized spacial score (nSPS) is 11.0. The molecule has 0 bridgehead atoms. The van der Waals surface area contributed by atoms with Crippen molar-refractivity contribution >= 4 is 40.1 Å². The number of anilines is 3. The number of H-pyrrole nitrogens is 1. The molecule has 0 atom stereocenters. The first-order valence-electron chi connectivity index (χ1n) is 10.3. The SMILES string of the molecule is Cc1cc(Nc2ccc3nc(NCc4ccc(Oc5cnc(Cl)cn5)cc4)n(C)c3c2)n[nH]1. The van der Waals surface area contributed by atoms with Gasteiger partial charge in [0.25, 0.3) is 0 Å². The van der Waals surface area contributed by atoms with Crippen molar-refractivity contribution in [3.05, 3.63) is 77.3 Å². The van der Waals surface area contributed by atoms with E-state index in [0.717, 1.165) is 39.7 Å². The number of hydrogen-bond donors (Lipinski definition) is 3. The first-order valence-corrected chi connectivity index (χ1v) is 10.6. The third-order valence-electron chi connectivity index (χ3n) is 5.05. The van der Waals surface area contributed by atoms with Gasteiger partial charge in [-0.3, -0.25) is 5.10 Å². The summed E-state index contributed by atoms with van der Waals surface area (Å²) in [5.41, 5.74) is 4.97. The molecule has 5 aromatic rings. The number of rotatable bonds is 7. The third kappa shape index (κ3) is 4.73. The summed E-state index contributed by atoms with van der Waals surface area (Å²) in [7, 11) is 1.99. The molecule has 33 heavy (non-hydrogen) atoms. The highest BCUT2D eigenvalue weighted by Crippen LogP contribution is 2.25. The van der Waals surface area contributed by atoms with Crippen LogP contribution in [0.5, 0.6) is 11.6 Å². The van der Waals surface area contributed by atoms with Crippen molar-refractivity contribution in [2.75, 3.05) is 10.6 Å². The molecule has 0 aliphatic heterocycles. The Morgan fingerprint density at radius 1 is 1.06 bits per heavy atom. The highest BCUT2D eigenvalue weighted by Gasteiger charge is 2.09. The number of ether oxygens (including phenoxy) is 1. The molecule has 0 aliphatic rings. The highest BCUT2D eigenvalue weighted by atomic mass is 35.5. The lowest BCUT2D eigenvalue weighted by Crippen LogP contribution is -2.05. The van der Waals surface area contributed by atoms with Gasteiger partial charge in [0.1, 0.15) is 10.9 Å². The van der Waals surface area contributed by atoms with Gasteiger partial charge in [-0.1, -0.05) is 23.7 Å². The maximum absolute atomic E-state index is 5.75. The third-order valence-corrected chi connectivity index (χ3v) is 5.25. The summed E-state index contributed by atoms with van der Waals surface area (Å²) < 4.78 is 7.72. The molecule has 0 unspecified atom stereocenters. The molecule has 5 rings (SSSR count). The number of imidazole rings is 1. The van der Waals surface area contributed by atoms with Crippen molar-refractivity contribution in [2.24, 2.45) is 7.05 Å². The Morgan fingerprint density at radius 2 is 1.91 bits per heavy atom. The van der Waals surface area contributed by atoms with Gasteiger partial charge >= 0.3 is 0 Å². The molecular weight excluding hydrogens is 440 g/mol. The van der Waals surface area contributed by atoms with Crippen molar-refractivity contribution in [1.82, 2.24) is 29.7 Å². The van der Waals surface area contributed by atoms with Crippen LogP contribution in [-0.4, -0.2) is 29.7 Å². The molecule has 0 saturated carbocycles. The van der Waals surface area contributed by atoms with Crippen molar-refractivity contribution in [2.45, 2.75) is 13.5 Å². The van der Waals surface area contributed by atoms with Crippen LogP contribution in [0.25, 0.3) is 11.0 Å². The Labute approximate surface area is 194 Å². The number of nitrogens with zero attached hydrogens (tertiary/aromatic N) is 5. The van der Waals surface area contributed by atoms with Gasteiger partial charge in [0.2, 0.25) is 11.8 Å². The van der Waals surface area contributed by atoms with Crippen LogP contribution in [0.1, 0.15) is 11.3 Å². The van der Waals surface area contributed by atoms with Gasteiger partial charge in [0.05, 0.1) is 23.4 Å². The monoisotopic (exact) mass is 460 g/mol. The van der Waals surface area contributed by atoms with Gasteiger partial charge < -0.3 is 19.9 Å². The van der Waals surface area contributed by atoms with E-state index in [0.29, 0.717) is 23.3 Å². The quantitative estimate of drug-likeness (QED) is 0.306. The summed E-state index contributed by atoms with van der Waals surface area (Å²) in [6, 6.07) is 15.8. The standard InChI is InChI=1S/C23H21ClN8O/c1-14-9-21(31-30-14)28-16-5-8-18-19(10-16)32(2)23(29-18)27-11-15-3-6-17(7-4-15)33-22-13-25-20(24)12-26-22/h3-10,12-13H,11H2,1-2H3,(H,27,29)(H2,28,30,31). The maximum Gasteiger partial charge on any atom is 0.237 e. The van der Waals surface area contributed by atoms with Crippen molar-refractivity contribution < 1.29 is 4.74 Å². The van der Waals surface area contributed by atoms with E-state index in [1.807, 2.05) is 61.0 Å². The van der Waals surface area contributed by atoms with Gasteiger partial charge in [0, 0.05) is 31.0 Å². The molecule has 0 aliphatic carbocycles. The molecular formula is C23H21ClN8O. The molecule has 3 aromatic heterocycles. The summed E-state index contributed by atoms with van der Waals surface area (Å²) in [6.07, 6.45) is 2.93. The average molecular weight is 461 g/mol. The van der Waals surface area contributed by atoms with E-state index in [9.17, 15) is 0 Å². The smallest absolute Gasteiger partial charge is 0.237 e. The second-order valence-electron chi connectivity index (χ2n) is 7.54. The number of fused-ring (bicyclic) bond motifs is 1. The van der Waals surface area contributed by atoms with Gasteiger partial charge in [-0.05, 0) is 42.8 Å². The Morgan fingerprint density at radius 3 is 2.64 bits per heavy atom. The first kappa shape index (κ1) is 20.8. The van der Waals surface area contributed by atoms with Gasteiger partial charge in [0.15, 0.2) is 5.82 Å². The van der Waals surface area contributed by atoms with E-state index in [1.165, 1.54) is 12.4 Å². The van der Waals surface area contributed by atoms with E-state index >= 15 is 0 Å². The number of benzene rings is 2. The molecule has 9 nitrogen and oxygen atoms in total. The number of aryl methyl sites for hydroxylation is 2. The van der Waals surface area contributed by atoms with Crippen LogP contribution >= 0.6 is 11.6 Å². The van der Waals surface area contributed by atoms with Crippen molar-refractivity contribution in [3.63, 3.8) is 0 Å². The Hall–Kier alpha value is -4.11. The van der Waals surface area contributed by atoms with Gasteiger partial charge in [-0.15, -0.1) is 0 Å². The van der Waals surface area contributed by atoms with Crippen LogP contribution in [0.3, 0.4) is 0 Å². The summed E-state index contributed by atoms with van der Waals surface area (Å²) in [6.45, 7) is 2.59. The van der Waals surface area contributed by atoms with Crippen LogP contribution in [-0.2, 0) is 13.6 Å². The maximum atomic E-state index is 5.75. The van der Waals surface area contributed by atoms with Crippen LogP contribution in [0.15, 0.2) is 60.9 Å². The summed E-state index contributed by atoms with van der Waals surface area (Å²) in [5, 5.41) is 14.2. The fourth-order valence-corrected chi connectivity index (χ4v) is 3.48. The fourth-order valence-electron chi connectivity index (χ4n) is 3.39. The fraction of sp³-hybridized carbons (Fsp3) is 0.130. The van der Waals surface area contributed by atoms with E-state index in [-0.39, 0.29) is 0 Å². The minimum absolute atomic E-state index is 0.325. The lowest BCUT2D eigenvalue weighted by molar-refractivity contribution is 0.460. The van der Waals surface area contributed by atoms with Crippen molar-refractivity contribution in [1.29, 1.82) is 0 Å². The molecule has 0 amide bonds. The molecule has 10 heteroatoms. The second kappa shape index (κ2) is 8.79. The minimum atomic E-state index is 0.325. The summed E-state index contributed by atoms with van der Waals surface area (Å²) >= 11 is 5.75. The zero-order valence-electron chi connectivity index (χ0n) is 18.0. The Bertz CT molecular complexity index is 1390. The summed E-state index contributed by atoms with van der Waals surface area (Å²) in [4.78, 5) is 12.8. The predicted octanol–water partition coefficient (Wildman–Crippen LogP) is 5.20. The predicted molar refractivity (Wildman–Crippen MR) is 128 cm³/mol. The number of aromatic nitrogens is 6. The first-order chi connectivity index (χ1) is 16.0. The van der Waals surface area contributed by atoms with Crippen LogP contribution < -0.4 is 15.4 Å². The molecule has 0 radical (unpaired) electrons. The lowest BCUT2D eigenvalue weighted by Gasteiger charge is -2.08. The molecule has 0 saturated heterocycles. The van der Waals surface area contributed by atoms with Crippen LogP contribution in [0, 0.1) is 6.92 Å². The summed E-state index contributed by atoms with van der Waals surface area (Å²) in [5.74, 6) is 2.63. The second-order valence-corrected chi connectivity index (χ2v) is 7.92. The topological polar surface area (TPSA) is 106 Å². The van der Waals surface area contributed by atoms with Gasteiger partial charge in [-0.25, -0.2) is 15.0 Å². The van der Waals surface area contributed by atoms with Crippen LogP contribution in [0.2, 0.25) is 5.15 Å². The number of hydrogen-bond acceptors (Lipinski definition) is 7. The number of nitrogens with one attached hydrogen (secondary N) is 3. The van der Waals surface area contributed by atoms with Gasteiger partial charge in [-0.2, -0.15) is 5.10 Å². The Kier molecular flexibility index (Phi) is 5.54. The molecule has 0 fully saturated rings. The van der Waals surface area contributed by atoms with Crippen LogP contribution in [0.4, 0.5) is 17.5 Å². The van der Waals surface area contributed by atoms with E-state index in [4.69, 9.17) is 21.3 Å². The molecule has 2 aromatic carbocycles. The zero-order chi connectivity index (χ0) is 22.8. The molecule has 3 heterocycles. The minimum Gasteiger partial charge on any atom is -0.438 e.